The number of nitrogens with zero attached hydrogens (tertiary/aromatic N) is 1. The molecule has 3 aromatic rings. The van der Waals surface area contributed by atoms with Gasteiger partial charge in [0.15, 0.2) is 9.84 Å². The molecule has 8 heteroatoms. The van der Waals surface area contributed by atoms with Crippen LogP contribution in [0.3, 0.4) is 0 Å². The van der Waals surface area contributed by atoms with Crippen LogP contribution in [0.15, 0.2) is 76.5 Å². The second kappa shape index (κ2) is 7.15. The minimum absolute atomic E-state index is 0.0554. The molecule has 0 radical (unpaired) electrons. The zero-order chi connectivity index (χ0) is 19.9. The van der Waals surface area contributed by atoms with E-state index in [0.29, 0.717) is 5.02 Å². The number of sulfonamides is 1. The predicted octanol–water partition coefficient (Wildman–Crippen LogP) is 3.73. The lowest BCUT2D eigenvalue weighted by molar-refractivity contribution is 0.476. The van der Waals surface area contributed by atoms with Gasteiger partial charge in [0.05, 0.1) is 15.0 Å². The molecule has 1 unspecified atom stereocenters. The summed E-state index contributed by atoms with van der Waals surface area (Å²) in [6.07, 6.45) is 0.262. The third-order valence-corrected chi connectivity index (χ3v) is 9.35. The van der Waals surface area contributed by atoms with Gasteiger partial charge in [-0.25, -0.2) is 16.8 Å². The highest BCUT2D eigenvalue weighted by molar-refractivity contribution is 7.92. The summed E-state index contributed by atoms with van der Waals surface area (Å²) in [6.45, 7) is 0.118. The first kappa shape index (κ1) is 19.4. The molecule has 1 heterocycles. The lowest BCUT2D eigenvalue weighted by atomic mass is 10.1. The Morgan fingerprint density at radius 1 is 0.821 bits per heavy atom. The first-order chi connectivity index (χ1) is 13.3. The van der Waals surface area contributed by atoms with Gasteiger partial charge in [0.1, 0.15) is 0 Å². The molecular formula is C20H18ClNO4S2. The second-order valence-electron chi connectivity index (χ2n) is 6.78. The number of halogens is 1. The van der Waals surface area contributed by atoms with Gasteiger partial charge in [-0.15, -0.1) is 0 Å². The summed E-state index contributed by atoms with van der Waals surface area (Å²) in [7, 11) is -7.39. The van der Waals surface area contributed by atoms with E-state index in [1.165, 1.54) is 28.6 Å². The molecule has 1 saturated heterocycles. The van der Waals surface area contributed by atoms with Crippen molar-refractivity contribution in [2.45, 2.75) is 21.5 Å². The van der Waals surface area contributed by atoms with Gasteiger partial charge in [0, 0.05) is 18.1 Å². The van der Waals surface area contributed by atoms with E-state index in [0.717, 1.165) is 10.8 Å². The summed E-state index contributed by atoms with van der Waals surface area (Å²) in [4.78, 5) is 0.336. The van der Waals surface area contributed by atoms with Crippen LogP contribution >= 0.6 is 11.6 Å². The fraction of sp³-hybridized carbons (Fsp3) is 0.200. The highest BCUT2D eigenvalue weighted by Gasteiger charge is 2.39. The van der Waals surface area contributed by atoms with Crippen molar-refractivity contribution in [3.63, 3.8) is 0 Å². The number of rotatable bonds is 4. The summed E-state index contributed by atoms with van der Waals surface area (Å²) in [5.74, 6) is 0. The van der Waals surface area contributed by atoms with Crippen LogP contribution in [0.5, 0.6) is 0 Å². The van der Waals surface area contributed by atoms with Gasteiger partial charge < -0.3 is 0 Å². The zero-order valence-corrected chi connectivity index (χ0v) is 17.2. The average Bonchev–Trinajstić information content (AvgIpc) is 3.20. The van der Waals surface area contributed by atoms with E-state index >= 15 is 0 Å². The number of fused-ring (bicyclic) bond motifs is 1. The standard InChI is InChI=1S/C20H18ClNO4S2/c21-17-6-9-18(10-7-17)27(23,24)20-11-12-22(14-20)28(25,26)19-8-5-15-3-1-2-4-16(15)13-19/h1-10,13,20H,11-12,14H2. The Kier molecular flexibility index (Phi) is 4.95. The topological polar surface area (TPSA) is 71.5 Å². The molecule has 0 saturated carbocycles. The molecule has 3 aromatic carbocycles. The Balaban J connectivity index is 1.61. The molecule has 1 aliphatic rings. The summed E-state index contributed by atoms with van der Waals surface area (Å²) >= 11 is 5.83. The largest absolute Gasteiger partial charge is 0.243 e. The van der Waals surface area contributed by atoms with Crippen molar-refractivity contribution in [2.75, 3.05) is 13.1 Å². The molecule has 0 aromatic heterocycles. The summed E-state index contributed by atoms with van der Waals surface area (Å²) in [5, 5.41) is 1.45. The lowest BCUT2D eigenvalue weighted by Gasteiger charge is -2.17. The maximum Gasteiger partial charge on any atom is 0.243 e. The van der Waals surface area contributed by atoms with E-state index in [-0.39, 0.29) is 29.3 Å². The average molecular weight is 436 g/mol. The van der Waals surface area contributed by atoms with Gasteiger partial charge in [-0.1, -0.05) is 41.9 Å². The molecule has 28 heavy (non-hydrogen) atoms. The molecule has 0 aliphatic carbocycles. The number of benzene rings is 3. The Hall–Kier alpha value is -1.93. The smallest absolute Gasteiger partial charge is 0.223 e. The van der Waals surface area contributed by atoms with Crippen molar-refractivity contribution < 1.29 is 16.8 Å². The summed E-state index contributed by atoms with van der Waals surface area (Å²) in [5.41, 5.74) is 0. The van der Waals surface area contributed by atoms with Gasteiger partial charge in [-0.2, -0.15) is 4.31 Å². The zero-order valence-electron chi connectivity index (χ0n) is 14.8. The molecule has 0 bridgehead atoms. The first-order valence-corrected chi connectivity index (χ1v) is 12.1. The third-order valence-electron chi connectivity index (χ3n) is 5.05. The molecule has 1 atom stereocenters. The fourth-order valence-electron chi connectivity index (χ4n) is 3.46. The number of hydrogen-bond acceptors (Lipinski definition) is 4. The highest BCUT2D eigenvalue weighted by atomic mass is 35.5. The van der Waals surface area contributed by atoms with Crippen LogP contribution in [0.25, 0.3) is 10.8 Å². The second-order valence-corrected chi connectivity index (χ2v) is 11.4. The van der Waals surface area contributed by atoms with Crippen LogP contribution in [-0.2, 0) is 19.9 Å². The Morgan fingerprint density at radius 3 is 2.18 bits per heavy atom. The van der Waals surface area contributed by atoms with E-state index in [2.05, 4.69) is 0 Å². The molecule has 1 fully saturated rings. The maximum absolute atomic E-state index is 13.0. The maximum atomic E-state index is 13.0. The van der Waals surface area contributed by atoms with E-state index in [4.69, 9.17) is 11.6 Å². The van der Waals surface area contributed by atoms with Crippen LogP contribution in [-0.4, -0.2) is 39.5 Å². The van der Waals surface area contributed by atoms with Crippen molar-refractivity contribution in [2.24, 2.45) is 0 Å². The third kappa shape index (κ3) is 3.43. The van der Waals surface area contributed by atoms with Crippen LogP contribution < -0.4 is 0 Å². The van der Waals surface area contributed by atoms with Gasteiger partial charge in [0.25, 0.3) is 0 Å². The molecule has 1 aliphatic heterocycles. The van der Waals surface area contributed by atoms with Crippen molar-refractivity contribution in [3.05, 3.63) is 71.8 Å². The molecule has 4 rings (SSSR count). The molecule has 0 N–H and O–H groups in total. The predicted molar refractivity (Wildman–Crippen MR) is 110 cm³/mol. The Bertz CT molecular complexity index is 1240. The fourth-order valence-corrected chi connectivity index (χ4v) is 6.91. The van der Waals surface area contributed by atoms with E-state index in [1.54, 1.807) is 18.2 Å². The molecule has 0 spiro atoms. The van der Waals surface area contributed by atoms with E-state index in [1.807, 2.05) is 24.3 Å². The van der Waals surface area contributed by atoms with Crippen LogP contribution in [0, 0.1) is 0 Å². The quantitative estimate of drug-likeness (QED) is 0.626. The van der Waals surface area contributed by atoms with Gasteiger partial charge in [-0.3, -0.25) is 0 Å². The Labute approximate surface area is 169 Å². The number of hydrogen-bond donors (Lipinski definition) is 0. The summed E-state index contributed by atoms with van der Waals surface area (Å²) < 4.78 is 53.1. The molecular weight excluding hydrogens is 418 g/mol. The first-order valence-electron chi connectivity index (χ1n) is 8.77. The minimum atomic E-state index is -3.76. The van der Waals surface area contributed by atoms with Gasteiger partial charge >= 0.3 is 0 Å². The van der Waals surface area contributed by atoms with Crippen LogP contribution in [0.1, 0.15) is 6.42 Å². The van der Waals surface area contributed by atoms with Crippen molar-refractivity contribution in [1.29, 1.82) is 0 Å². The molecule has 0 amide bonds. The van der Waals surface area contributed by atoms with Crippen LogP contribution in [0.4, 0.5) is 0 Å². The van der Waals surface area contributed by atoms with Crippen LogP contribution in [0.2, 0.25) is 5.02 Å². The Morgan fingerprint density at radius 2 is 1.46 bits per heavy atom. The monoisotopic (exact) mass is 435 g/mol. The normalized spacial score (nSPS) is 18.5. The van der Waals surface area contributed by atoms with Crippen molar-refractivity contribution in [3.8, 4) is 0 Å². The van der Waals surface area contributed by atoms with Crippen molar-refractivity contribution >= 4 is 42.2 Å². The summed E-state index contributed by atoms with van der Waals surface area (Å²) in [6, 6.07) is 18.4. The SMILES string of the molecule is O=S(=O)(c1ccc(Cl)cc1)C1CCN(S(=O)(=O)c2ccc3ccccc3c2)C1. The van der Waals surface area contributed by atoms with Gasteiger partial charge in [0.2, 0.25) is 10.0 Å². The van der Waals surface area contributed by atoms with E-state index < -0.39 is 25.1 Å². The van der Waals surface area contributed by atoms with Crippen molar-refractivity contribution in [1.82, 2.24) is 4.31 Å². The molecule has 146 valence electrons. The highest BCUT2D eigenvalue weighted by Crippen LogP contribution is 2.29. The molecule has 5 nitrogen and oxygen atoms in total. The minimum Gasteiger partial charge on any atom is -0.223 e. The van der Waals surface area contributed by atoms with E-state index in [9.17, 15) is 16.8 Å². The van der Waals surface area contributed by atoms with Gasteiger partial charge in [-0.05, 0) is 53.6 Å². The lowest BCUT2D eigenvalue weighted by Crippen LogP contribution is -2.32. The number of sulfone groups is 1.